The van der Waals surface area contributed by atoms with Crippen molar-refractivity contribution in [3.05, 3.63) is 23.3 Å². The molecule has 1 unspecified atom stereocenters. The van der Waals surface area contributed by atoms with Crippen molar-refractivity contribution in [3.63, 3.8) is 0 Å². The molecule has 2 saturated heterocycles. The zero-order chi connectivity index (χ0) is 26.8. The molecule has 4 rings (SSSR count). The summed E-state index contributed by atoms with van der Waals surface area (Å²) in [7, 11) is 3.66. The van der Waals surface area contributed by atoms with Crippen LogP contribution in [0.15, 0.2) is 17.0 Å². The van der Waals surface area contributed by atoms with Crippen molar-refractivity contribution >= 4 is 16.9 Å². The van der Waals surface area contributed by atoms with Crippen molar-refractivity contribution < 1.29 is 18.5 Å². The van der Waals surface area contributed by atoms with Gasteiger partial charge in [0.15, 0.2) is 0 Å². The first kappa shape index (κ1) is 30.0. The molecule has 1 saturated carbocycles. The molecule has 2 aliphatic heterocycles. The maximum Gasteiger partial charge on any atom is 0.245 e. The predicted octanol–water partition coefficient (Wildman–Crippen LogP) is 2.99. The Balaban J connectivity index is 0.000000218. The Morgan fingerprint density at radius 2 is 1.70 bits per heavy atom. The summed E-state index contributed by atoms with van der Waals surface area (Å²) in [5.41, 5.74) is 1.85. The van der Waals surface area contributed by atoms with Gasteiger partial charge in [-0.25, -0.2) is 8.51 Å². The number of hydrogen-bond donors (Lipinski definition) is 1. The largest absolute Gasteiger partial charge is 0.497 e. The van der Waals surface area contributed by atoms with Crippen LogP contribution in [0, 0.1) is 19.8 Å². The maximum absolute atomic E-state index is 12.6. The molecule has 1 atom stereocenters. The molecule has 9 heteroatoms. The Morgan fingerprint density at radius 1 is 1.08 bits per heavy atom. The lowest BCUT2D eigenvalue weighted by Crippen LogP contribution is -2.44. The zero-order valence-corrected chi connectivity index (χ0v) is 24.4. The summed E-state index contributed by atoms with van der Waals surface area (Å²) in [5, 5.41) is 2.48. The average Bonchev–Trinajstić information content (AvgIpc) is 3.54. The van der Waals surface area contributed by atoms with E-state index in [-0.39, 0.29) is 12.5 Å². The minimum absolute atomic E-state index is 0.0115. The molecule has 1 aliphatic carbocycles. The van der Waals surface area contributed by atoms with Gasteiger partial charge in [-0.2, -0.15) is 0 Å². The lowest BCUT2D eigenvalue weighted by atomic mass is 10.0. The highest BCUT2D eigenvalue weighted by Gasteiger charge is 2.29. The molecule has 2 heterocycles. The van der Waals surface area contributed by atoms with Gasteiger partial charge in [0.25, 0.3) is 0 Å². The van der Waals surface area contributed by atoms with Crippen LogP contribution >= 0.6 is 0 Å². The van der Waals surface area contributed by atoms with E-state index in [2.05, 4.69) is 15.1 Å². The van der Waals surface area contributed by atoms with Crippen LogP contribution < -0.4 is 10.1 Å². The van der Waals surface area contributed by atoms with Crippen LogP contribution in [-0.2, 0) is 20.5 Å². The van der Waals surface area contributed by atoms with Gasteiger partial charge >= 0.3 is 0 Å². The molecule has 1 aromatic carbocycles. The van der Waals surface area contributed by atoms with Crippen molar-refractivity contribution in [2.45, 2.75) is 63.3 Å². The van der Waals surface area contributed by atoms with E-state index in [9.17, 15) is 9.00 Å². The van der Waals surface area contributed by atoms with Gasteiger partial charge in [0.2, 0.25) is 5.91 Å². The molecular weight excluding hydrogens is 488 g/mol. The van der Waals surface area contributed by atoms with Crippen LogP contribution in [-0.4, -0.2) is 104 Å². The van der Waals surface area contributed by atoms with Crippen LogP contribution in [0.2, 0.25) is 0 Å². The fourth-order valence-electron chi connectivity index (χ4n) is 5.21. The number of amides is 1. The summed E-state index contributed by atoms with van der Waals surface area (Å²) in [5.74, 6) is 1.66. The van der Waals surface area contributed by atoms with E-state index in [0.29, 0.717) is 13.2 Å². The van der Waals surface area contributed by atoms with Crippen molar-refractivity contribution in [2.24, 2.45) is 5.92 Å². The SMILES string of the molecule is C1CCN(C2CCN(CC3CC3)CC2)C1.CNC(=O)COCCN(C)S(=O)c1c(C)cc(OC)cc1C. The normalized spacial score (nSPS) is 19.9. The number of likely N-dealkylation sites (N-methyl/N-ethyl adjacent to an activating group) is 2. The minimum atomic E-state index is -1.28. The second kappa shape index (κ2) is 15.2. The van der Waals surface area contributed by atoms with Crippen LogP contribution in [0.3, 0.4) is 0 Å². The number of piperidine rings is 1. The minimum Gasteiger partial charge on any atom is -0.497 e. The number of ether oxygens (including phenoxy) is 2. The van der Waals surface area contributed by atoms with Crippen molar-refractivity contribution in [1.82, 2.24) is 19.4 Å². The van der Waals surface area contributed by atoms with Crippen LogP contribution in [0.5, 0.6) is 5.75 Å². The summed E-state index contributed by atoms with van der Waals surface area (Å²) in [6.07, 6.45) is 8.78. The smallest absolute Gasteiger partial charge is 0.245 e. The third-order valence-electron chi connectivity index (χ3n) is 7.62. The molecule has 0 bridgehead atoms. The quantitative estimate of drug-likeness (QED) is 0.439. The van der Waals surface area contributed by atoms with E-state index in [1.165, 1.54) is 71.2 Å². The molecule has 210 valence electrons. The first-order chi connectivity index (χ1) is 17.8. The molecular formula is C28H48N4O4S. The molecule has 3 fully saturated rings. The number of aryl methyl sites for hydroxylation is 2. The summed E-state index contributed by atoms with van der Waals surface area (Å²) in [6.45, 7) is 11.6. The number of hydrogen-bond acceptors (Lipinski definition) is 6. The molecule has 1 N–H and O–H groups in total. The Hall–Kier alpha value is -1.52. The number of nitrogens with one attached hydrogen (secondary N) is 1. The molecule has 1 amide bonds. The number of rotatable bonds is 11. The standard InChI is InChI=1S/C15H24N2O4S.C13H24N2/c1-11-8-13(20-5)9-12(2)15(11)22(19)17(4)6-7-21-10-14(18)16-3;1-2-8-15(7-1)13-5-9-14(10-6-13)11-12-3-4-12/h8-9H,6-7,10H2,1-5H3,(H,16,18);12-13H,1-11H2. The molecule has 1 aromatic rings. The Kier molecular flexibility index (Phi) is 12.3. The van der Waals surface area contributed by atoms with Crippen molar-refractivity contribution in [2.75, 3.05) is 73.7 Å². The number of methoxy groups -OCH3 is 1. The van der Waals surface area contributed by atoms with Crippen LogP contribution in [0.25, 0.3) is 0 Å². The highest BCUT2D eigenvalue weighted by molar-refractivity contribution is 7.82. The third-order valence-corrected chi connectivity index (χ3v) is 9.36. The summed E-state index contributed by atoms with van der Waals surface area (Å²) < 4.78 is 24.8. The molecule has 0 radical (unpaired) electrons. The fourth-order valence-corrected chi connectivity index (χ4v) is 6.43. The zero-order valence-electron chi connectivity index (χ0n) is 23.6. The lowest BCUT2D eigenvalue weighted by Gasteiger charge is -2.36. The Morgan fingerprint density at radius 3 is 2.24 bits per heavy atom. The van der Waals surface area contributed by atoms with Gasteiger partial charge in [0.1, 0.15) is 23.3 Å². The maximum atomic E-state index is 12.6. The van der Waals surface area contributed by atoms with Gasteiger partial charge in [-0.1, -0.05) is 0 Å². The molecule has 37 heavy (non-hydrogen) atoms. The molecule has 3 aliphatic rings. The van der Waals surface area contributed by atoms with E-state index in [4.69, 9.17) is 9.47 Å². The molecule has 0 aromatic heterocycles. The van der Waals surface area contributed by atoms with Gasteiger partial charge in [0.05, 0.1) is 18.6 Å². The fraction of sp³-hybridized carbons (Fsp3) is 0.750. The van der Waals surface area contributed by atoms with Crippen LogP contribution in [0.4, 0.5) is 0 Å². The number of carbonyl (C=O) groups excluding carboxylic acids is 1. The average molecular weight is 537 g/mol. The highest BCUT2D eigenvalue weighted by atomic mass is 32.2. The summed E-state index contributed by atoms with van der Waals surface area (Å²) in [6, 6.07) is 4.68. The predicted molar refractivity (Wildman–Crippen MR) is 149 cm³/mol. The van der Waals surface area contributed by atoms with E-state index in [0.717, 1.165) is 33.7 Å². The summed E-state index contributed by atoms with van der Waals surface area (Å²) >= 11 is 0. The van der Waals surface area contributed by atoms with Gasteiger partial charge in [0, 0.05) is 33.2 Å². The van der Waals surface area contributed by atoms with Gasteiger partial charge in [-0.15, -0.1) is 0 Å². The van der Waals surface area contributed by atoms with Crippen molar-refractivity contribution in [3.8, 4) is 5.75 Å². The number of benzene rings is 1. The number of nitrogens with zero attached hydrogens (tertiary/aromatic N) is 3. The van der Waals surface area contributed by atoms with Crippen molar-refractivity contribution in [1.29, 1.82) is 0 Å². The Labute approximate surface area is 226 Å². The molecule has 8 nitrogen and oxygen atoms in total. The van der Waals surface area contributed by atoms with E-state index in [1.54, 1.807) is 25.5 Å². The van der Waals surface area contributed by atoms with E-state index >= 15 is 0 Å². The van der Waals surface area contributed by atoms with Gasteiger partial charge < -0.3 is 24.6 Å². The van der Waals surface area contributed by atoms with E-state index < -0.39 is 11.0 Å². The van der Waals surface area contributed by atoms with Crippen LogP contribution in [0.1, 0.15) is 49.7 Å². The highest BCUT2D eigenvalue weighted by Crippen LogP contribution is 2.31. The second-order valence-corrected chi connectivity index (χ2v) is 12.2. The van der Waals surface area contributed by atoms with Gasteiger partial charge in [-0.3, -0.25) is 4.79 Å². The topological polar surface area (TPSA) is 74.4 Å². The Bertz CT molecular complexity index is 858. The second-order valence-electron chi connectivity index (χ2n) is 10.6. The first-order valence-electron chi connectivity index (χ1n) is 13.8. The first-order valence-corrected chi connectivity index (χ1v) is 15.0. The number of carbonyl (C=O) groups is 1. The third kappa shape index (κ3) is 9.62. The molecule has 0 spiro atoms. The van der Waals surface area contributed by atoms with E-state index in [1.807, 2.05) is 26.0 Å². The number of likely N-dealkylation sites (tertiary alicyclic amines) is 2. The van der Waals surface area contributed by atoms with Gasteiger partial charge in [-0.05, 0) is 108 Å². The summed E-state index contributed by atoms with van der Waals surface area (Å²) in [4.78, 5) is 17.3. The lowest BCUT2D eigenvalue weighted by molar-refractivity contribution is -0.125. The monoisotopic (exact) mass is 536 g/mol.